The third-order valence-electron chi connectivity index (χ3n) is 3.71. The van der Waals surface area contributed by atoms with E-state index in [0.29, 0.717) is 22.6 Å². The number of benzene rings is 2. The van der Waals surface area contributed by atoms with Crippen molar-refractivity contribution in [1.29, 1.82) is 0 Å². The summed E-state index contributed by atoms with van der Waals surface area (Å²) in [6, 6.07) is 12.9. The maximum absolute atomic E-state index is 12.2. The molecule has 0 atom stereocenters. The number of oxazole rings is 1. The van der Waals surface area contributed by atoms with Crippen LogP contribution in [0.25, 0.3) is 17.2 Å². The van der Waals surface area contributed by atoms with Crippen molar-refractivity contribution in [2.75, 3.05) is 6.61 Å². The highest BCUT2D eigenvalue weighted by Gasteiger charge is 2.11. The SMILES string of the molecule is Cc1ccc(C)c(C(=O)COC(=O)/C=C/c2nc3ccccc3o2)c1. The zero-order valence-electron chi connectivity index (χ0n) is 14.0. The van der Waals surface area contributed by atoms with Gasteiger partial charge in [0.2, 0.25) is 11.7 Å². The lowest BCUT2D eigenvalue weighted by Gasteiger charge is -2.06. The standard InChI is InChI=1S/C20H17NO4/c1-13-7-8-14(2)15(11-13)17(22)12-24-20(23)10-9-19-21-16-5-3-4-6-18(16)25-19/h3-11H,12H2,1-2H3/b10-9+. The Balaban J connectivity index is 1.60. The van der Waals surface area contributed by atoms with Crippen LogP contribution in [-0.2, 0) is 9.53 Å². The summed E-state index contributed by atoms with van der Waals surface area (Å²) in [4.78, 5) is 28.2. The molecule has 1 heterocycles. The lowest BCUT2D eigenvalue weighted by Crippen LogP contribution is -2.13. The Hall–Kier alpha value is -3.21. The monoisotopic (exact) mass is 335 g/mol. The fourth-order valence-electron chi connectivity index (χ4n) is 2.40. The number of esters is 1. The largest absolute Gasteiger partial charge is 0.454 e. The lowest BCUT2D eigenvalue weighted by molar-refractivity contribution is -0.136. The molecule has 0 saturated heterocycles. The van der Waals surface area contributed by atoms with E-state index < -0.39 is 5.97 Å². The summed E-state index contributed by atoms with van der Waals surface area (Å²) >= 11 is 0. The molecule has 3 rings (SSSR count). The van der Waals surface area contributed by atoms with Crippen LogP contribution < -0.4 is 0 Å². The number of ketones is 1. The van der Waals surface area contributed by atoms with E-state index in [1.54, 1.807) is 12.1 Å². The molecule has 2 aromatic carbocycles. The molecule has 0 N–H and O–H groups in total. The maximum Gasteiger partial charge on any atom is 0.331 e. The minimum absolute atomic E-state index is 0.232. The van der Waals surface area contributed by atoms with Crippen LogP contribution in [0.15, 0.2) is 53.0 Å². The Morgan fingerprint density at radius 3 is 2.76 bits per heavy atom. The molecule has 0 bridgehead atoms. The number of Topliss-reactive ketones (excluding diaryl/α,β-unsaturated/α-hetero) is 1. The fourth-order valence-corrected chi connectivity index (χ4v) is 2.40. The molecular formula is C20H17NO4. The number of para-hydroxylation sites is 2. The molecule has 0 aliphatic rings. The Kier molecular flexibility index (Phi) is 4.75. The Morgan fingerprint density at radius 1 is 1.16 bits per heavy atom. The summed E-state index contributed by atoms with van der Waals surface area (Å²) in [5, 5.41) is 0. The number of carbonyl (C=O) groups is 2. The quantitative estimate of drug-likeness (QED) is 0.402. The van der Waals surface area contributed by atoms with Gasteiger partial charge in [-0.05, 0) is 37.6 Å². The van der Waals surface area contributed by atoms with Gasteiger partial charge in [0, 0.05) is 17.7 Å². The predicted octanol–water partition coefficient (Wildman–Crippen LogP) is 3.88. The van der Waals surface area contributed by atoms with Gasteiger partial charge in [0.1, 0.15) is 5.52 Å². The first kappa shape index (κ1) is 16.6. The number of aryl methyl sites for hydroxylation is 2. The summed E-state index contributed by atoms with van der Waals surface area (Å²) in [5.41, 5.74) is 3.75. The maximum atomic E-state index is 12.2. The van der Waals surface area contributed by atoms with Gasteiger partial charge in [-0.2, -0.15) is 0 Å². The molecule has 0 amide bonds. The minimum atomic E-state index is -0.624. The Bertz CT molecular complexity index is 936. The first-order valence-electron chi connectivity index (χ1n) is 7.84. The predicted molar refractivity (Wildman–Crippen MR) is 94.2 cm³/mol. The second-order valence-electron chi connectivity index (χ2n) is 5.70. The van der Waals surface area contributed by atoms with Crippen LogP contribution in [0, 0.1) is 13.8 Å². The molecule has 0 spiro atoms. The van der Waals surface area contributed by atoms with E-state index in [1.807, 2.05) is 44.2 Å². The van der Waals surface area contributed by atoms with Gasteiger partial charge in [-0.3, -0.25) is 4.79 Å². The number of ether oxygens (including phenoxy) is 1. The van der Waals surface area contributed by atoms with Crippen LogP contribution in [0.5, 0.6) is 0 Å². The van der Waals surface area contributed by atoms with Gasteiger partial charge >= 0.3 is 5.97 Å². The first-order chi connectivity index (χ1) is 12.0. The minimum Gasteiger partial charge on any atom is -0.454 e. The topological polar surface area (TPSA) is 69.4 Å². The molecule has 0 aliphatic carbocycles. The van der Waals surface area contributed by atoms with Gasteiger partial charge in [0.25, 0.3) is 0 Å². The van der Waals surface area contributed by atoms with Crippen LogP contribution >= 0.6 is 0 Å². The number of rotatable bonds is 5. The van der Waals surface area contributed by atoms with Gasteiger partial charge < -0.3 is 9.15 Å². The average Bonchev–Trinajstić information content (AvgIpc) is 3.03. The molecule has 5 heteroatoms. The van der Waals surface area contributed by atoms with Crippen molar-refractivity contribution in [2.24, 2.45) is 0 Å². The molecule has 1 aromatic heterocycles. The van der Waals surface area contributed by atoms with Crippen molar-refractivity contribution in [2.45, 2.75) is 13.8 Å². The van der Waals surface area contributed by atoms with E-state index in [0.717, 1.165) is 11.1 Å². The molecule has 25 heavy (non-hydrogen) atoms. The molecule has 0 aliphatic heterocycles. The van der Waals surface area contributed by atoms with Crippen LogP contribution in [0.3, 0.4) is 0 Å². The molecule has 0 saturated carbocycles. The second kappa shape index (κ2) is 7.13. The summed E-state index contributed by atoms with van der Waals surface area (Å²) in [6.45, 7) is 3.45. The third-order valence-corrected chi connectivity index (χ3v) is 3.71. The number of carbonyl (C=O) groups excluding carboxylic acids is 2. The number of hydrogen-bond donors (Lipinski definition) is 0. The summed E-state index contributed by atoms with van der Waals surface area (Å²) in [7, 11) is 0. The molecule has 0 unspecified atom stereocenters. The van der Waals surface area contributed by atoms with Crippen molar-refractivity contribution in [3.63, 3.8) is 0 Å². The molecule has 126 valence electrons. The highest BCUT2D eigenvalue weighted by atomic mass is 16.5. The van der Waals surface area contributed by atoms with E-state index in [4.69, 9.17) is 9.15 Å². The summed E-state index contributed by atoms with van der Waals surface area (Å²) < 4.78 is 10.5. The number of hydrogen-bond acceptors (Lipinski definition) is 5. The fraction of sp³-hybridized carbons (Fsp3) is 0.150. The van der Waals surface area contributed by atoms with E-state index in [1.165, 1.54) is 12.2 Å². The van der Waals surface area contributed by atoms with E-state index >= 15 is 0 Å². The van der Waals surface area contributed by atoms with Gasteiger partial charge in [0.15, 0.2) is 12.2 Å². The van der Waals surface area contributed by atoms with Gasteiger partial charge in [-0.1, -0.05) is 29.8 Å². The van der Waals surface area contributed by atoms with Crippen LogP contribution in [0.2, 0.25) is 0 Å². The Morgan fingerprint density at radius 2 is 1.96 bits per heavy atom. The second-order valence-corrected chi connectivity index (χ2v) is 5.70. The van der Waals surface area contributed by atoms with Gasteiger partial charge in [-0.15, -0.1) is 0 Å². The zero-order valence-corrected chi connectivity index (χ0v) is 14.0. The number of aromatic nitrogens is 1. The average molecular weight is 335 g/mol. The van der Waals surface area contributed by atoms with E-state index in [-0.39, 0.29) is 12.4 Å². The van der Waals surface area contributed by atoms with Gasteiger partial charge in [0.05, 0.1) is 0 Å². The normalized spacial score (nSPS) is 11.1. The van der Waals surface area contributed by atoms with Crippen molar-refractivity contribution in [3.05, 3.63) is 71.1 Å². The molecular weight excluding hydrogens is 318 g/mol. The molecule has 0 fully saturated rings. The van der Waals surface area contributed by atoms with Gasteiger partial charge in [-0.25, -0.2) is 9.78 Å². The molecule has 3 aromatic rings. The van der Waals surface area contributed by atoms with Crippen molar-refractivity contribution < 1.29 is 18.7 Å². The van der Waals surface area contributed by atoms with Crippen LogP contribution in [0.4, 0.5) is 0 Å². The van der Waals surface area contributed by atoms with Crippen LogP contribution in [0.1, 0.15) is 27.4 Å². The summed E-state index contributed by atoms with van der Waals surface area (Å²) in [6.07, 6.45) is 2.62. The number of fused-ring (bicyclic) bond motifs is 1. The smallest absolute Gasteiger partial charge is 0.331 e. The number of nitrogens with zero attached hydrogens (tertiary/aromatic N) is 1. The van der Waals surface area contributed by atoms with E-state index in [9.17, 15) is 9.59 Å². The molecule has 0 radical (unpaired) electrons. The highest BCUT2D eigenvalue weighted by molar-refractivity contribution is 6.00. The lowest BCUT2D eigenvalue weighted by atomic mass is 10.0. The first-order valence-corrected chi connectivity index (χ1v) is 7.84. The van der Waals surface area contributed by atoms with Crippen molar-refractivity contribution in [3.8, 4) is 0 Å². The third kappa shape index (κ3) is 4.01. The zero-order chi connectivity index (χ0) is 17.8. The molecule has 5 nitrogen and oxygen atoms in total. The highest BCUT2D eigenvalue weighted by Crippen LogP contribution is 2.15. The van der Waals surface area contributed by atoms with Crippen molar-refractivity contribution in [1.82, 2.24) is 4.98 Å². The van der Waals surface area contributed by atoms with E-state index in [2.05, 4.69) is 4.98 Å². The summed E-state index contributed by atoms with van der Waals surface area (Å²) in [5.74, 6) is -0.551. The van der Waals surface area contributed by atoms with Crippen molar-refractivity contribution >= 4 is 28.9 Å². The van der Waals surface area contributed by atoms with Crippen LogP contribution in [-0.4, -0.2) is 23.3 Å². The Labute approximate surface area is 144 Å².